The van der Waals surface area contributed by atoms with Gasteiger partial charge in [0.05, 0.1) is 11.8 Å². The van der Waals surface area contributed by atoms with Crippen LogP contribution in [0, 0.1) is 0 Å². The van der Waals surface area contributed by atoms with E-state index < -0.39 is 6.10 Å². The standard InChI is InChI=1S/C14H14ClNOS/c1-10(17)14-7-6-13(8-16-14)18-9-11-2-4-12(15)5-3-11/h2-8,10,17H,9H2,1H3/t10-/m1/s1. The summed E-state index contributed by atoms with van der Waals surface area (Å²) in [6, 6.07) is 11.7. The molecule has 18 heavy (non-hydrogen) atoms. The third-order valence-corrected chi connectivity index (χ3v) is 3.81. The molecule has 0 amide bonds. The highest BCUT2D eigenvalue weighted by molar-refractivity contribution is 7.98. The molecule has 0 saturated heterocycles. The van der Waals surface area contributed by atoms with Gasteiger partial charge in [0.2, 0.25) is 0 Å². The molecule has 0 spiro atoms. The fourth-order valence-corrected chi connectivity index (χ4v) is 2.41. The zero-order valence-electron chi connectivity index (χ0n) is 10.0. The second-order valence-electron chi connectivity index (χ2n) is 4.01. The van der Waals surface area contributed by atoms with Crippen LogP contribution < -0.4 is 0 Å². The lowest BCUT2D eigenvalue weighted by Crippen LogP contribution is -1.94. The molecule has 0 unspecified atom stereocenters. The number of aromatic nitrogens is 1. The number of thioether (sulfide) groups is 1. The third kappa shape index (κ3) is 3.73. The number of aliphatic hydroxyl groups excluding tert-OH is 1. The van der Waals surface area contributed by atoms with E-state index >= 15 is 0 Å². The molecule has 1 heterocycles. The molecule has 1 N–H and O–H groups in total. The molecule has 1 atom stereocenters. The highest BCUT2D eigenvalue weighted by Crippen LogP contribution is 2.23. The first-order chi connectivity index (χ1) is 8.65. The van der Waals surface area contributed by atoms with Crippen molar-refractivity contribution in [2.75, 3.05) is 0 Å². The molecule has 0 saturated carbocycles. The van der Waals surface area contributed by atoms with Crippen LogP contribution in [0.15, 0.2) is 47.5 Å². The minimum atomic E-state index is -0.514. The fourth-order valence-electron chi connectivity index (χ4n) is 1.47. The van der Waals surface area contributed by atoms with Crippen LogP contribution in [0.5, 0.6) is 0 Å². The van der Waals surface area contributed by atoms with E-state index in [4.69, 9.17) is 11.6 Å². The maximum Gasteiger partial charge on any atom is 0.0931 e. The minimum Gasteiger partial charge on any atom is -0.387 e. The monoisotopic (exact) mass is 279 g/mol. The summed E-state index contributed by atoms with van der Waals surface area (Å²) in [6.45, 7) is 1.71. The number of nitrogens with zero attached hydrogens (tertiary/aromatic N) is 1. The molecule has 94 valence electrons. The number of pyridine rings is 1. The third-order valence-electron chi connectivity index (χ3n) is 2.51. The Hall–Kier alpha value is -1.03. The molecule has 4 heteroatoms. The quantitative estimate of drug-likeness (QED) is 0.856. The molecule has 1 aromatic heterocycles. The van der Waals surface area contributed by atoms with E-state index in [2.05, 4.69) is 4.98 Å². The second kappa shape index (κ2) is 6.23. The largest absolute Gasteiger partial charge is 0.387 e. The van der Waals surface area contributed by atoms with Gasteiger partial charge in [0.15, 0.2) is 0 Å². The van der Waals surface area contributed by atoms with Crippen LogP contribution in [0.1, 0.15) is 24.3 Å². The van der Waals surface area contributed by atoms with Gasteiger partial charge in [0.25, 0.3) is 0 Å². The van der Waals surface area contributed by atoms with Crippen molar-refractivity contribution in [3.63, 3.8) is 0 Å². The van der Waals surface area contributed by atoms with E-state index in [0.29, 0.717) is 5.69 Å². The topological polar surface area (TPSA) is 33.1 Å². The summed E-state index contributed by atoms with van der Waals surface area (Å²) in [4.78, 5) is 5.30. The Balaban J connectivity index is 1.95. The van der Waals surface area contributed by atoms with Crippen molar-refractivity contribution >= 4 is 23.4 Å². The van der Waals surface area contributed by atoms with Crippen LogP contribution in [-0.2, 0) is 5.75 Å². The number of rotatable bonds is 4. The maximum absolute atomic E-state index is 9.37. The zero-order valence-corrected chi connectivity index (χ0v) is 11.6. The number of aliphatic hydroxyl groups is 1. The lowest BCUT2D eigenvalue weighted by Gasteiger charge is -2.05. The van der Waals surface area contributed by atoms with Gasteiger partial charge in [-0.25, -0.2) is 0 Å². The Morgan fingerprint density at radius 3 is 2.50 bits per heavy atom. The van der Waals surface area contributed by atoms with Crippen LogP contribution in [0.25, 0.3) is 0 Å². The predicted molar refractivity (Wildman–Crippen MR) is 75.9 cm³/mol. The molecule has 2 rings (SSSR count). The first-order valence-corrected chi connectivity index (χ1v) is 7.03. The van der Waals surface area contributed by atoms with Gasteiger partial charge in [0.1, 0.15) is 0 Å². The van der Waals surface area contributed by atoms with Gasteiger partial charge in [-0.1, -0.05) is 23.7 Å². The van der Waals surface area contributed by atoms with Gasteiger partial charge in [0, 0.05) is 21.9 Å². The summed E-state index contributed by atoms with van der Waals surface area (Å²) < 4.78 is 0. The van der Waals surface area contributed by atoms with Crippen molar-refractivity contribution in [1.82, 2.24) is 4.98 Å². The van der Waals surface area contributed by atoms with E-state index in [1.807, 2.05) is 36.4 Å². The number of hydrogen-bond acceptors (Lipinski definition) is 3. The summed E-state index contributed by atoms with van der Waals surface area (Å²) in [5, 5.41) is 10.1. The molecule has 0 radical (unpaired) electrons. The van der Waals surface area contributed by atoms with Crippen LogP contribution >= 0.6 is 23.4 Å². The van der Waals surface area contributed by atoms with Gasteiger partial charge >= 0.3 is 0 Å². The molecule has 2 aromatic rings. The second-order valence-corrected chi connectivity index (χ2v) is 5.50. The summed E-state index contributed by atoms with van der Waals surface area (Å²) >= 11 is 7.55. The van der Waals surface area contributed by atoms with Crippen molar-refractivity contribution < 1.29 is 5.11 Å². The van der Waals surface area contributed by atoms with Gasteiger partial charge in [-0.2, -0.15) is 0 Å². The average Bonchev–Trinajstić information content (AvgIpc) is 2.38. The summed E-state index contributed by atoms with van der Waals surface area (Å²) in [6.07, 6.45) is 1.28. The number of hydrogen-bond donors (Lipinski definition) is 1. The van der Waals surface area contributed by atoms with Crippen LogP contribution in [0.4, 0.5) is 0 Å². The normalized spacial score (nSPS) is 12.4. The molecular formula is C14H14ClNOS. The SMILES string of the molecule is C[C@@H](O)c1ccc(SCc2ccc(Cl)cc2)cn1. The maximum atomic E-state index is 9.37. The highest BCUT2D eigenvalue weighted by atomic mass is 35.5. The van der Waals surface area contributed by atoms with Gasteiger partial charge < -0.3 is 5.11 Å². The Bertz CT molecular complexity index is 496. The fraction of sp³-hybridized carbons (Fsp3) is 0.214. The lowest BCUT2D eigenvalue weighted by atomic mass is 10.2. The summed E-state index contributed by atoms with van der Waals surface area (Å²) in [5.74, 6) is 0.882. The molecule has 2 nitrogen and oxygen atoms in total. The number of halogens is 1. The van der Waals surface area contributed by atoms with Crippen molar-refractivity contribution in [2.24, 2.45) is 0 Å². The number of benzene rings is 1. The van der Waals surface area contributed by atoms with Crippen molar-refractivity contribution in [3.8, 4) is 0 Å². The van der Waals surface area contributed by atoms with E-state index in [0.717, 1.165) is 15.7 Å². The van der Waals surface area contributed by atoms with E-state index in [-0.39, 0.29) is 0 Å². The Kier molecular flexibility index (Phi) is 4.64. The minimum absolute atomic E-state index is 0.514. The van der Waals surface area contributed by atoms with Gasteiger partial charge in [-0.3, -0.25) is 4.98 Å². The van der Waals surface area contributed by atoms with E-state index in [1.54, 1.807) is 24.9 Å². The zero-order chi connectivity index (χ0) is 13.0. The summed E-state index contributed by atoms with van der Waals surface area (Å²) in [7, 11) is 0. The van der Waals surface area contributed by atoms with Crippen molar-refractivity contribution in [1.29, 1.82) is 0 Å². The first kappa shape index (κ1) is 13.4. The lowest BCUT2D eigenvalue weighted by molar-refractivity contribution is 0.194. The van der Waals surface area contributed by atoms with Crippen LogP contribution in [-0.4, -0.2) is 10.1 Å². The van der Waals surface area contributed by atoms with Crippen molar-refractivity contribution in [2.45, 2.75) is 23.7 Å². The smallest absolute Gasteiger partial charge is 0.0931 e. The van der Waals surface area contributed by atoms with Crippen molar-refractivity contribution in [3.05, 3.63) is 58.9 Å². The average molecular weight is 280 g/mol. The Morgan fingerprint density at radius 2 is 1.94 bits per heavy atom. The molecule has 0 aliphatic heterocycles. The molecule has 0 fully saturated rings. The highest BCUT2D eigenvalue weighted by Gasteiger charge is 2.02. The molecule has 1 aromatic carbocycles. The van der Waals surface area contributed by atoms with Crippen LogP contribution in [0.2, 0.25) is 5.02 Å². The Labute approximate surface area is 116 Å². The Morgan fingerprint density at radius 1 is 1.22 bits per heavy atom. The first-order valence-electron chi connectivity index (χ1n) is 5.66. The molecule has 0 bridgehead atoms. The van der Waals surface area contributed by atoms with Gasteiger partial charge in [-0.05, 0) is 36.8 Å². The predicted octanol–water partition coefficient (Wildman–Crippen LogP) is 4.08. The molecule has 0 aliphatic rings. The van der Waals surface area contributed by atoms with E-state index in [1.165, 1.54) is 5.56 Å². The van der Waals surface area contributed by atoms with Gasteiger partial charge in [-0.15, -0.1) is 11.8 Å². The van der Waals surface area contributed by atoms with E-state index in [9.17, 15) is 5.11 Å². The van der Waals surface area contributed by atoms with Crippen LogP contribution in [0.3, 0.4) is 0 Å². The molecule has 0 aliphatic carbocycles. The molecular weight excluding hydrogens is 266 g/mol. The summed E-state index contributed by atoms with van der Waals surface area (Å²) in [5.41, 5.74) is 1.93.